The number of likely N-dealkylation sites (tertiary alicyclic amines) is 1. The van der Waals surface area contributed by atoms with Crippen LogP contribution in [0.4, 0.5) is 0 Å². The first-order chi connectivity index (χ1) is 9.04. The van der Waals surface area contributed by atoms with Gasteiger partial charge in [0, 0.05) is 12.1 Å². The predicted molar refractivity (Wildman–Crippen MR) is 77.4 cm³/mol. The Morgan fingerprint density at radius 1 is 1.42 bits per heavy atom. The van der Waals surface area contributed by atoms with Crippen LogP contribution >= 0.6 is 11.6 Å². The molecule has 0 spiro atoms. The zero-order valence-corrected chi connectivity index (χ0v) is 12.8. The molecule has 2 unspecified atom stereocenters. The van der Waals surface area contributed by atoms with Gasteiger partial charge in [0.2, 0.25) is 0 Å². The molecular formula is C14H24ClN3O. The topological polar surface area (TPSA) is 41.3 Å². The maximum atomic E-state index is 10.9. The number of aromatic nitrogens is 2. The molecule has 1 aromatic heterocycles. The summed E-state index contributed by atoms with van der Waals surface area (Å²) in [6, 6.07) is 0. The molecule has 1 saturated heterocycles. The Bertz CT molecular complexity index is 428. The Kier molecular flexibility index (Phi) is 4.54. The number of aryl methyl sites for hydroxylation is 1. The molecule has 4 nitrogen and oxygen atoms in total. The smallest absolute Gasteiger partial charge is 0.115 e. The van der Waals surface area contributed by atoms with E-state index in [0.717, 1.165) is 31.7 Å². The summed E-state index contributed by atoms with van der Waals surface area (Å²) < 4.78 is 1.80. The number of halogens is 1. The number of hydrogen-bond acceptors (Lipinski definition) is 3. The monoisotopic (exact) mass is 285 g/mol. The summed E-state index contributed by atoms with van der Waals surface area (Å²) in [5, 5.41) is 15.7. The summed E-state index contributed by atoms with van der Waals surface area (Å²) in [6.45, 7) is 9.10. The first kappa shape index (κ1) is 14.8. The van der Waals surface area contributed by atoms with E-state index in [4.69, 9.17) is 11.6 Å². The molecule has 108 valence electrons. The van der Waals surface area contributed by atoms with Crippen molar-refractivity contribution in [2.45, 2.75) is 58.2 Å². The normalized spacial score (nSPS) is 21.5. The third-order valence-corrected chi connectivity index (χ3v) is 4.82. The molecule has 1 aliphatic rings. The van der Waals surface area contributed by atoms with Crippen LogP contribution in [0.5, 0.6) is 0 Å². The average Bonchev–Trinajstić information content (AvgIpc) is 3.06. The predicted octanol–water partition coefficient (Wildman–Crippen LogP) is 2.85. The lowest BCUT2D eigenvalue weighted by molar-refractivity contribution is -0.0186. The van der Waals surface area contributed by atoms with Gasteiger partial charge in [0.15, 0.2) is 0 Å². The number of nitrogens with zero attached hydrogens (tertiary/aromatic N) is 3. The van der Waals surface area contributed by atoms with Gasteiger partial charge in [0.05, 0.1) is 16.9 Å². The molecular weight excluding hydrogens is 262 g/mol. The zero-order chi connectivity index (χ0) is 14.0. The molecule has 2 atom stereocenters. The van der Waals surface area contributed by atoms with E-state index in [0.29, 0.717) is 5.02 Å². The Morgan fingerprint density at radius 3 is 2.58 bits per heavy atom. The van der Waals surface area contributed by atoms with Crippen molar-refractivity contribution in [2.75, 3.05) is 13.1 Å². The zero-order valence-electron chi connectivity index (χ0n) is 12.1. The molecule has 0 saturated carbocycles. The van der Waals surface area contributed by atoms with Crippen molar-refractivity contribution in [1.82, 2.24) is 14.7 Å². The third-order valence-electron chi connectivity index (χ3n) is 4.53. The third kappa shape index (κ3) is 2.54. The van der Waals surface area contributed by atoms with E-state index in [9.17, 15) is 5.11 Å². The Labute approximate surface area is 120 Å². The van der Waals surface area contributed by atoms with Gasteiger partial charge in [-0.3, -0.25) is 9.58 Å². The molecule has 2 heterocycles. The molecule has 1 fully saturated rings. The second-order valence-corrected chi connectivity index (χ2v) is 5.91. The second-order valence-electron chi connectivity index (χ2n) is 5.50. The fraction of sp³-hybridized carbons (Fsp3) is 0.786. The molecule has 0 radical (unpaired) electrons. The fourth-order valence-electron chi connectivity index (χ4n) is 3.01. The van der Waals surface area contributed by atoms with Crippen LogP contribution in [-0.2, 0) is 6.54 Å². The van der Waals surface area contributed by atoms with Crippen molar-refractivity contribution >= 4 is 11.6 Å². The molecule has 1 N–H and O–H groups in total. The minimum atomic E-state index is -0.606. The van der Waals surface area contributed by atoms with Crippen LogP contribution in [0, 0.1) is 0 Å². The van der Waals surface area contributed by atoms with Crippen molar-refractivity contribution in [2.24, 2.45) is 0 Å². The van der Waals surface area contributed by atoms with Gasteiger partial charge in [0.1, 0.15) is 6.10 Å². The standard InChI is InChI=1S/C14H24ClN3O/c1-4-14(3,17-8-6-7-9-17)13(19)12-11(15)10-16-18(12)5-2/h10,13,19H,4-9H2,1-3H3. The second kappa shape index (κ2) is 5.81. The van der Waals surface area contributed by atoms with E-state index in [2.05, 4.69) is 23.8 Å². The number of aliphatic hydroxyl groups excluding tert-OH is 1. The maximum Gasteiger partial charge on any atom is 0.115 e. The summed E-state index contributed by atoms with van der Waals surface area (Å²) >= 11 is 6.23. The maximum absolute atomic E-state index is 10.9. The largest absolute Gasteiger partial charge is 0.385 e. The van der Waals surface area contributed by atoms with Crippen molar-refractivity contribution in [1.29, 1.82) is 0 Å². The van der Waals surface area contributed by atoms with E-state index < -0.39 is 6.10 Å². The summed E-state index contributed by atoms with van der Waals surface area (Å²) in [4.78, 5) is 2.39. The van der Waals surface area contributed by atoms with Gasteiger partial charge in [-0.15, -0.1) is 0 Å². The molecule has 1 aromatic rings. The molecule has 0 aliphatic carbocycles. The van der Waals surface area contributed by atoms with Crippen LogP contribution in [0.2, 0.25) is 5.02 Å². The highest BCUT2D eigenvalue weighted by Crippen LogP contribution is 2.38. The van der Waals surface area contributed by atoms with E-state index in [1.807, 2.05) is 6.92 Å². The molecule has 0 amide bonds. The van der Waals surface area contributed by atoms with Crippen LogP contribution in [0.15, 0.2) is 6.20 Å². The van der Waals surface area contributed by atoms with Crippen LogP contribution in [-0.4, -0.2) is 38.4 Å². The Balaban J connectivity index is 2.34. The Hall–Kier alpha value is -0.580. The minimum Gasteiger partial charge on any atom is -0.385 e. The lowest BCUT2D eigenvalue weighted by Crippen LogP contribution is -2.49. The van der Waals surface area contributed by atoms with Gasteiger partial charge in [-0.25, -0.2) is 0 Å². The van der Waals surface area contributed by atoms with E-state index in [1.165, 1.54) is 12.8 Å². The average molecular weight is 286 g/mol. The van der Waals surface area contributed by atoms with Gasteiger partial charge in [0.25, 0.3) is 0 Å². The van der Waals surface area contributed by atoms with Crippen molar-refractivity contribution < 1.29 is 5.11 Å². The van der Waals surface area contributed by atoms with Gasteiger partial charge in [-0.2, -0.15) is 5.10 Å². The van der Waals surface area contributed by atoms with Crippen molar-refractivity contribution in [3.05, 3.63) is 16.9 Å². The quantitative estimate of drug-likeness (QED) is 0.904. The summed E-state index contributed by atoms with van der Waals surface area (Å²) in [5.74, 6) is 0. The lowest BCUT2D eigenvalue weighted by Gasteiger charge is -2.42. The number of hydrogen-bond donors (Lipinski definition) is 1. The van der Waals surface area contributed by atoms with Gasteiger partial charge in [-0.05, 0) is 46.2 Å². The highest BCUT2D eigenvalue weighted by Gasteiger charge is 2.41. The van der Waals surface area contributed by atoms with Gasteiger partial charge in [-0.1, -0.05) is 18.5 Å². The molecule has 2 rings (SSSR count). The van der Waals surface area contributed by atoms with Gasteiger partial charge < -0.3 is 5.11 Å². The van der Waals surface area contributed by atoms with Crippen LogP contribution in [0.1, 0.15) is 51.8 Å². The first-order valence-corrected chi connectivity index (χ1v) is 7.56. The molecule has 0 aromatic carbocycles. The summed E-state index contributed by atoms with van der Waals surface area (Å²) in [5.41, 5.74) is 0.480. The summed E-state index contributed by atoms with van der Waals surface area (Å²) in [6.07, 6.45) is 4.33. The van der Waals surface area contributed by atoms with E-state index in [-0.39, 0.29) is 5.54 Å². The SMILES string of the molecule is CCn1ncc(Cl)c1C(O)C(C)(CC)N1CCCC1. The highest BCUT2D eigenvalue weighted by molar-refractivity contribution is 6.31. The Morgan fingerprint density at radius 2 is 2.05 bits per heavy atom. The van der Waals surface area contributed by atoms with Crippen molar-refractivity contribution in [3.63, 3.8) is 0 Å². The van der Waals surface area contributed by atoms with Crippen LogP contribution in [0.25, 0.3) is 0 Å². The van der Waals surface area contributed by atoms with Gasteiger partial charge >= 0.3 is 0 Å². The molecule has 1 aliphatic heterocycles. The molecule has 5 heteroatoms. The lowest BCUT2D eigenvalue weighted by atomic mass is 9.87. The summed E-state index contributed by atoms with van der Waals surface area (Å²) in [7, 11) is 0. The first-order valence-electron chi connectivity index (χ1n) is 7.19. The number of rotatable bonds is 5. The number of aliphatic hydroxyl groups is 1. The van der Waals surface area contributed by atoms with E-state index in [1.54, 1.807) is 10.9 Å². The minimum absolute atomic E-state index is 0.271. The molecule has 0 bridgehead atoms. The van der Waals surface area contributed by atoms with Crippen molar-refractivity contribution in [3.8, 4) is 0 Å². The molecule has 19 heavy (non-hydrogen) atoms. The van der Waals surface area contributed by atoms with Crippen LogP contribution < -0.4 is 0 Å². The van der Waals surface area contributed by atoms with E-state index >= 15 is 0 Å². The highest BCUT2D eigenvalue weighted by atomic mass is 35.5. The van der Waals surface area contributed by atoms with Crippen LogP contribution in [0.3, 0.4) is 0 Å². The fourth-order valence-corrected chi connectivity index (χ4v) is 3.25.